The summed E-state index contributed by atoms with van der Waals surface area (Å²) in [6.07, 6.45) is 3.86. The van der Waals surface area contributed by atoms with E-state index in [-0.39, 0.29) is 30.4 Å². The molecule has 2 aromatic rings. The number of piperidine rings is 1. The zero-order valence-corrected chi connectivity index (χ0v) is 18.1. The van der Waals surface area contributed by atoms with Crippen LogP contribution in [0.1, 0.15) is 44.2 Å². The first kappa shape index (κ1) is 23.7. The monoisotopic (exact) mass is 430 g/mol. The lowest BCUT2D eigenvalue weighted by atomic mass is 9.93. The number of carbonyl (C=O) groups excluding carboxylic acids is 2. The lowest BCUT2D eigenvalue weighted by molar-refractivity contribution is -0.122. The van der Waals surface area contributed by atoms with Crippen molar-refractivity contribution < 1.29 is 9.59 Å². The van der Waals surface area contributed by atoms with Crippen LogP contribution in [0.25, 0.3) is 0 Å². The molecular formula is C23H31ClN4O2. The average molecular weight is 431 g/mol. The van der Waals surface area contributed by atoms with E-state index in [2.05, 4.69) is 21.3 Å². The number of carbonyl (C=O) groups is 2. The Morgan fingerprint density at radius 2 is 1.57 bits per heavy atom. The number of hydrogen-bond acceptors (Lipinski definition) is 3. The zero-order chi connectivity index (χ0) is 20.5. The summed E-state index contributed by atoms with van der Waals surface area (Å²) in [5, 5.41) is 12.0. The number of hydrogen-bond donors (Lipinski definition) is 4. The summed E-state index contributed by atoms with van der Waals surface area (Å²) >= 11 is 0. The van der Waals surface area contributed by atoms with E-state index in [1.54, 1.807) is 0 Å². The van der Waals surface area contributed by atoms with E-state index in [0.29, 0.717) is 18.0 Å². The first-order valence-corrected chi connectivity index (χ1v) is 10.3. The van der Waals surface area contributed by atoms with Gasteiger partial charge in [0.1, 0.15) is 0 Å². The van der Waals surface area contributed by atoms with Crippen LogP contribution in [0, 0.1) is 5.92 Å². The minimum absolute atomic E-state index is 0. The Hall–Kier alpha value is -2.57. The van der Waals surface area contributed by atoms with Gasteiger partial charge in [0.15, 0.2) is 0 Å². The Bertz CT molecular complexity index is 793. The van der Waals surface area contributed by atoms with Crippen molar-refractivity contribution in [2.45, 2.75) is 38.6 Å². The fraction of sp³-hybridized carbons (Fsp3) is 0.391. The van der Waals surface area contributed by atoms with Crippen LogP contribution in [0.2, 0.25) is 0 Å². The third kappa shape index (κ3) is 7.69. The van der Waals surface area contributed by atoms with Gasteiger partial charge in [-0.05, 0) is 75.0 Å². The highest BCUT2D eigenvalue weighted by Crippen LogP contribution is 2.19. The highest BCUT2D eigenvalue weighted by molar-refractivity contribution is 5.99. The van der Waals surface area contributed by atoms with Crippen LogP contribution in [0.5, 0.6) is 0 Å². The van der Waals surface area contributed by atoms with Gasteiger partial charge in [0.05, 0.1) is 6.04 Å². The molecule has 6 nitrogen and oxygen atoms in total. The first-order valence-electron chi connectivity index (χ1n) is 10.3. The maximum atomic E-state index is 12.3. The van der Waals surface area contributed by atoms with Gasteiger partial charge in [0.25, 0.3) is 0 Å². The number of para-hydroxylation sites is 1. The van der Waals surface area contributed by atoms with E-state index in [4.69, 9.17) is 0 Å². The molecule has 1 fully saturated rings. The second kappa shape index (κ2) is 12.2. The SMILES string of the molecule is CC(NC(=O)CCC1CCNCC1)c1ccc(NC(=O)Nc2ccccc2)cc1.Cl. The molecule has 1 aliphatic heterocycles. The van der Waals surface area contributed by atoms with Gasteiger partial charge in [-0.3, -0.25) is 4.79 Å². The van der Waals surface area contributed by atoms with Crippen LogP contribution in [0.15, 0.2) is 54.6 Å². The number of anilines is 2. The van der Waals surface area contributed by atoms with Crippen molar-refractivity contribution in [3.63, 3.8) is 0 Å². The summed E-state index contributed by atoms with van der Waals surface area (Å²) in [5.41, 5.74) is 2.45. The molecule has 0 spiro atoms. The van der Waals surface area contributed by atoms with Crippen molar-refractivity contribution in [1.82, 2.24) is 10.6 Å². The molecule has 3 amide bonds. The van der Waals surface area contributed by atoms with E-state index in [1.165, 1.54) is 0 Å². The van der Waals surface area contributed by atoms with Gasteiger partial charge in [-0.1, -0.05) is 30.3 Å². The van der Waals surface area contributed by atoms with Gasteiger partial charge in [0, 0.05) is 17.8 Å². The summed E-state index contributed by atoms with van der Waals surface area (Å²) in [7, 11) is 0. The Morgan fingerprint density at radius 1 is 0.967 bits per heavy atom. The van der Waals surface area contributed by atoms with Crippen LogP contribution >= 0.6 is 12.4 Å². The molecule has 1 heterocycles. The molecule has 1 aliphatic rings. The maximum absolute atomic E-state index is 12.3. The minimum Gasteiger partial charge on any atom is -0.350 e. The molecule has 2 aromatic carbocycles. The number of halogens is 1. The van der Waals surface area contributed by atoms with Gasteiger partial charge in [-0.15, -0.1) is 12.4 Å². The highest BCUT2D eigenvalue weighted by Gasteiger charge is 2.16. The number of nitrogens with one attached hydrogen (secondary N) is 4. The van der Waals surface area contributed by atoms with Crippen molar-refractivity contribution >= 4 is 35.7 Å². The second-order valence-corrected chi connectivity index (χ2v) is 7.59. The predicted octanol–water partition coefficient (Wildman–Crippen LogP) is 4.71. The summed E-state index contributed by atoms with van der Waals surface area (Å²) in [4.78, 5) is 24.3. The normalized spacial score (nSPS) is 14.8. The molecule has 30 heavy (non-hydrogen) atoms. The molecule has 162 valence electrons. The molecule has 3 rings (SSSR count). The molecule has 0 radical (unpaired) electrons. The van der Waals surface area contributed by atoms with Crippen molar-refractivity contribution in [2.75, 3.05) is 23.7 Å². The number of urea groups is 1. The topological polar surface area (TPSA) is 82.3 Å². The molecule has 0 aliphatic carbocycles. The largest absolute Gasteiger partial charge is 0.350 e. The smallest absolute Gasteiger partial charge is 0.323 e. The van der Waals surface area contributed by atoms with Crippen molar-refractivity contribution in [3.8, 4) is 0 Å². The Labute approximate surface area is 184 Å². The summed E-state index contributed by atoms with van der Waals surface area (Å²) in [5.74, 6) is 0.755. The average Bonchev–Trinajstić information content (AvgIpc) is 2.74. The summed E-state index contributed by atoms with van der Waals surface area (Å²) in [6, 6.07) is 16.5. The number of benzene rings is 2. The Morgan fingerprint density at radius 3 is 2.20 bits per heavy atom. The lowest BCUT2D eigenvalue weighted by Crippen LogP contribution is -2.30. The second-order valence-electron chi connectivity index (χ2n) is 7.59. The Kier molecular flexibility index (Phi) is 9.64. The van der Waals surface area contributed by atoms with Gasteiger partial charge in [0.2, 0.25) is 5.91 Å². The number of rotatable bonds is 7. The fourth-order valence-corrected chi connectivity index (χ4v) is 3.57. The quantitative estimate of drug-likeness (QED) is 0.513. The van der Waals surface area contributed by atoms with Gasteiger partial charge >= 0.3 is 6.03 Å². The highest BCUT2D eigenvalue weighted by atomic mass is 35.5. The van der Waals surface area contributed by atoms with Crippen LogP contribution in [0.3, 0.4) is 0 Å². The summed E-state index contributed by atoms with van der Waals surface area (Å²) in [6.45, 7) is 4.10. The molecule has 7 heteroatoms. The van der Waals surface area contributed by atoms with Crippen LogP contribution in [-0.4, -0.2) is 25.0 Å². The van der Waals surface area contributed by atoms with Crippen molar-refractivity contribution in [3.05, 3.63) is 60.2 Å². The molecule has 0 saturated carbocycles. The third-order valence-corrected chi connectivity index (χ3v) is 5.32. The van der Waals surface area contributed by atoms with Crippen LogP contribution < -0.4 is 21.3 Å². The molecule has 0 bridgehead atoms. The van der Waals surface area contributed by atoms with E-state index in [1.807, 2.05) is 61.5 Å². The molecule has 0 aromatic heterocycles. The zero-order valence-electron chi connectivity index (χ0n) is 17.3. The molecule has 1 unspecified atom stereocenters. The predicted molar refractivity (Wildman–Crippen MR) is 124 cm³/mol. The molecule has 1 saturated heterocycles. The van der Waals surface area contributed by atoms with Crippen LogP contribution in [-0.2, 0) is 4.79 Å². The van der Waals surface area contributed by atoms with Crippen molar-refractivity contribution in [2.24, 2.45) is 5.92 Å². The fourth-order valence-electron chi connectivity index (χ4n) is 3.57. The van der Waals surface area contributed by atoms with Gasteiger partial charge < -0.3 is 21.3 Å². The minimum atomic E-state index is -0.289. The van der Waals surface area contributed by atoms with E-state index >= 15 is 0 Å². The summed E-state index contributed by atoms with van der Waals surface area (Å²) < 4.78 is 0. The third-order valence-electron chi connectivity index (χ3n) is 5.32. The number of amides is 3. The first-order chi connectivity index (χ1) is 14.1. The van der Waals surface area contributed by atoms with Crippen molar-refractivity contribution in [1.29, 1.82) is 0 Å². The van der Waals surface area contributed by atoms with E-state index < -0.39 is 0 Å². The van der Waals surface area contributed by atoms with Gasteiger partial charge in [-0.25, -0.2) is 4.79 Å². The molecule has 1 atom stereocenters. The molecular weight excluding hydrogens is 400 g/mol. The molecule has 4 N–H and O–H groups in total. The maximum Gasteiger partial charge on any atom is 0.323 e. The van der Waals surface area contributed by atoms with E-state index in [9.17, 15) is 9.59 Å². The van der Waals surface area contributed by atoms with Crippen LogP contribution in [0.4, 0.5) is 16.2 Å². The standard InChI is InChI=1S/C23H30N4O2.ClH/c1-17(25-22(28)12-7-18-13-15-24-16-14-18)19-8-10-21(11-9-19)27-23(29)26-20-5-3-2-4-6-20;/h2-6,8-11,17-18,24H,7,12-16H2,1H3,(H,25,28)(H2,26,27,29);1H. The lowest BCUT2D eigenvalue weighted by Gasteiger charge is -2.22. The van der Waals surface area contributed by atoms with E-state index in [0.717, 1.165) is 43.6 Å². The Balaban J connectivity index is 0.00000320. The van der Waals surface area contributed by atoms with Gasteiger partial charge in [-0.2, -0.15) is 0 Å².